The van der Waals surface area contributed by atoms with Gasteiger partial charge in [0.2, 0.25) is 0 Å². The van der Waals surface area contributed by atoms with Crippen molar-refractivity contribution >= 4 is 5.91 Å². The fraction of sp³-hybridized carbons (Fsp3) is 0.292. The molecule has 0 spiro atoms. The number of furan rings is 1. The Hall–Kier alpha value is -3.01. The molecular formula is C24H27NO3. The van der Waals surface area contributed by atoms with E-state index in [1.165, 1.54) is 5.56 Å². The van der Waals surface area contributed by atoms with Gasteiger partial charge in [-0.1, -0.05) is 56.3 Å². The Morgan fingerprint density at radius 2 is 1.75 bits per heavy atom. The Balaban J connectivity index is 1.70. The van der Waals surface area contributed by atoms with Crippen molar-refractivity contribution in [2.45, 2.75) is 39.8 Å². The summed E-state index contributed by atoms with van der Waals surface area (Å²) in [6.45, 7) is 7.23. The molecule has 0 aliphatic carbocycles. The van der Waals surface area contributed by atoms with Gasteiger partial charge in [-0.2, -0.15) is 0 Å². The average Bonchev–Trinajstić information content (AvgIpc) is 3.20. The van der Waals surface area contributed by atoms with Crippen LogP contribution in [0.3, 0.4) is 0 Å². The summed E-state index contributed by atoms with van der Waals surface area (Å²) in [6, 6.07) is 19.8. The molecule has 1 aromatic heterocycles. The van der Waals surface area contributed by atoms with Crippen molar-refractivity contribution < 1.29 is 13.9 Å². The highest BCUT2D eigenvalue weighted by Gasteiger charge is 2.17. The van der Waals surface area contributed by atoms with E-state index in [4.69, 9.17) is 9.15 Å². The van der Waals surface area contributed by atoms with Crippen molar-refractivity contribution in [3.05, 3.63) is 89.4 Å². The van der Waals surface area contributed by atoms with Crippen LogP contribution in [-0.2, 0) is 17.9 Å². The molecule has 2 aromatic carbocycles. The van der Waals surface area contributed by atoms with Crippen LogP contribution in [0.25, 0.3) is 0 Å². The molecule has 0 aliphatic heterocycles. The number of hydrogen-bond donors (Lipinski definition) is 0. The number of rotatable bonds is 8. The monoisotopic (exact) mass is 377 g/mol. The van der Waals surface area contributed by atoms with Gasteiger partial charge in [-0.3, -0.25) is 4.79 Å². The van der Waals surface area contributed by atoms with Crippen LogP contribution in [0.5, 0.6) is 5.75 Å². The molecule has 4 nitrogen and oxygen atoms in total. The van der Waals surface area contributed by atoms with Gasteiger partial charge in [0.05, 0.1) is 12.8 Å². The van der Waals surface area contributed by atoms with Gasteiger partial charge in [0.15, 0.2) is 6.61 Å². The SMILES string of the molecule is Cc1ccccc1OCC(=O)N(Cc1ccc(C(C)C)cc1)Cc1ccco1. The molecule has 4 heteroatoms. The highest BCUT2D eigenvalue weighted by molar-refractivity contribution is 5.77. The second-order valence-corrected chi connectivity index (χ2v) is 7.28. The predicted molar refractivity (Wildman–Crippen MR) is 110 cm³/mol. The maximum Gasteiger partial charge on any atom is 0.261 e. The lowest BCUT2D eigenvalue weighted by Crippen LogP contribution is -2.34. The number of benzene rings is 2. The Morgan fingerprint density at radius 1 is 1.00 bits per heavy atom. The van der Waals surface area contributed by atoms with Gasteiger partial charge in [0.1, 0.15) is 11.5 Å². The minimum atomic E-state index is -0.0763. The summed E-state index contributed by atoms with van der Waals surface area (Å²) >= 11 is 0. The van der Waals surface area contributed by atoms with E-state index in [2.05, 4.69) is 38.1 Å². The zero-order valence-electron chi connectivity index (χ0n) is 16.7. The lowest BCUT2D eigenvalue weighted by Gasteiger charge is -2.22. The first-order chi connectivity index (χ1) is 13.5. The summed E-state index contributed by atoms with van der Waals surface area (Å²) < 4.78 is 11.2. The van der Waals surface area contributed by atoms with Gasteiger partial charge in [-0.25, -0.2) is 0 Å². The van der Waals surface area contributed by atoms with E-state index in [1.54, 1.807) is 11.2 Å². The second kappa shape index (κ2) is 9.27. The van der Waals surface area contributed by atoms with Crippen LogP contribution < -0.4 is 4.74 Å². The van der Waals surface area contributed by atoms with Gasteiger partial charge in [0, 0.05) is 6.54 Å². The fourth-order valence-corrected chi connectivity index (χ4v) is 3.00. The maximum atomic E-state index is 12.9. The Labute approximate surface area is 166 Å². The number of carbonyl (C=O) groups is 1. The molecule has 1 amide bonds. The Kier molecular flexibility index (Phi) is 6.53. The van der Waals surface area contributed by atoms with Crippen molar-refractivity contribution in [2.75, 3.05) is 6.61 Å². The van der Waals surface area contributed by atoms with Crippen LogP contribution in [0.15, 0.2) is 71.3 Å². The van der Waals surface area contributed by atoms with Crippen molar-refractivity contribution in [3.8, 4) is 5.75 Å². The third kappa shape index (κ3) is 5.26. The van der Waals surface area contributed by atoms with E-state index in [-0.39, 0.29) is 12.5 Å². The summed E-state index contributed by atoms with van der Waals surface area (Å²) in [7, 11) is 0. The molecule has 3 aromatic rings. The number of aryl methyl sites for hydroxylation is 1. The number of ether oxygens (including phenoxy) is 1. The Morgan fingerprint density at radius 3 is 2.39 bits per heavy atom. The molecule has 0 saturated heterocycles. The number of nitrogens with zero attached hydrogens (tertiary/aromatic N) is 1. The zero-order valence-corrected chi connectivity index (χ0v) is 16.7. The first kappa shape index (κ1) is 19.7. The summed E-state index contributed by atoms with van der Waals surface area (Å²) in [5.74, 6) is 1.89. The number of para-hydroxylation sites is 1. The van der Waals surface area contributed by atoms with Crippen LogP contribution in [0.1, 0.15) is 42.2 Å². The van der Waals surface area contributed by atoms with E-state index in [1.807, 2.05) is 43.3 Å². The molecule has 0 saturated carbocycles. The van der Waals surface area contributed by atoms with Crippen molar-refractivity contribution in [2.24, 2.45) is 0 Å². The van der Waals surface area contributed by atoms with Gasteiger partial charge in [-0.05, 0) is 47.7 Å². The molecule has 0 aliphatic rings. The standard InChI is InChI=1S/C24H27NO3/c1-18(2)21-12-10-20(11-13-21)15-25(16-22-8-6-14-27-22)24(26)17-28-23-9-5-4-7-19(23)3/h4-14,18H,15-17H2,1-3H3. The number of amides is 1. The molecule has 28 heavy (non-hydrogen) atoms. The highest BCUT2D eigenvalue weighted by Crippen LogP contribution is 2.19. The summed E-state index contributed by atoms with van der Waals surface area (Å²) in [5, 5.41) is 0. The largest absolute Gasteiger partial charge is 0.484 e. The van der Waals surface area contributed by atoms with Crippen LogP contribution >= 0.6 is 0 Å². The first-order valence-electron chi connectivity index (χ1n) is 9.60. The Bertz CT molecular complexity index is 882. The van der Waals surface area contributed by atoms with E-state index in [0.29, 0.717) is 19.0 Å². The lowest BCUT2D eigenvalue weighted by atomic mass is 10.0. The van der Waals surface area contributed by atoms with Crippen molar-refractivity contribution in [1.82, 2.24) is 4.90 Å². The predicted octanol–water partition coefficient (Wildman–Crippen LogP) is 5.32. The van der Waals surface area contributed by atoms with E-state index in [9.17, 15) is 4.79 Å². The topological polar surface area (TPSA) is 42.7 Å². The normalized spacial score (nSPS) is 10.9. The molecule has 146 valence electrons. The van der Waals surface area contributed by atoms with Crippen LogP contribution in [0.4, 0.5) is 0 Å². The van der Waals surface area contributed by atoms with E-state index in [0.717, 1.165) is 22.6 Å². The molecule has 0 unspecified atom stereocenters. The number of carbonyl (C=O) groups excluding carboxylic acids is 1. The van der Waals surface area contributed by atoms with Crippen molar-refractivity contribution in [1.29, 1.82) is 0 Å². The molecule has 3 rings (SSSR count). The van der Waals surface area contributed by atoms with Crippen LogP contribution in [0.2, 0.25) is 0 Å². The van der Waals surface area contributed by atoms with E-state index < -0.39 is 0 Å². The second-order valence-electron chi connectivity index (χ2n) is 7.28. The summed E-state index contributed by atoms with van der Waals surface area (Å²) in [4.78, 5) is 14.7. The zero-order chi connectivity index (χ0) is 19.9. The highest BCUT2D eigenvalue weighted by atomic mass is 16.5. The molecule has 0 N–H and O–H groups in total. The van der Waals surface area contributed by atoms with Crippen LogP contribution in [0, 0.1) is 6.92 Å². The maximum absolute atomic E-state index is 12.9. The third-order valence-corrected chi connectivity index (χ3v) is 4.74. The molecule has 0 fully saturated rings. The summed E-state index contributed by atoms with van der Waals surface area (Å²) in [5.41, 5.74) is 3.38. The van der Waals surface area contributed by atoms with Gasteiger partial charge in [0.25, 0.3) is 5.91 Å². The van der Waals surface area contributed by atoms with Crippen LogP contribution in [-0.4, -0.2) is 17.4 Å². The lowest BCUT2D eigenvalue weighted by molar-refractivity contribution is -0.134. The first-order valence-corrected chi connectivity index (χ1v) is 9.60. The average molecular weight is 377 g/mol. The van der Waals surface area contributed by atoms with E-state index >= 15 is 0 Å². The quantitative estimate of drug-likeness (QED) is 0.534. The minimum Gasteiger partial charge on any atom is -0.484 e. The minimum absolute atomic E-state index is 0.00433. The number of hydrogen-bond acceptors (Lipinski definition) is 3. The third-order valence-electron chi connectivity index (χ3n) is 4.74. The van der Waals surface area contributed by atoms with Gasteiger partial charge < -0.3 is 14.1 Å². The smallest absolute Gasteiger partial charge is 0.261 e. The van der Waals surface area contributed by atoms with Crippen molar-refractivity contribution in [3.63, 3.8) is 0 Å². The molecule has 0 atom stereocenters. The summed E-state index contributed by atoms with van der Waals surface area (Å²) in [6.07, 6.45) is 1.62. The molecule has 0 bridgehead atoms. The van der Waals surface area contributed by atoms with Gasteiger partial charge >= 0.3 is 0 Å². The fourth-order valence-electron chi connectivity index (χ4n) is 3.00. The molecule has 0 radical (unpaired) electrons. The molecule has 1 heterocycles. The molecular weight excluding hydrogens is 350 g/mol. The van der Waals surface area contributed by atoms with Gasteiger partial charge in [-0.15, -0.1) is 0 Å².